The molecule has 1 rings (SSSR count). The van der Waals surface area contributed by atoms with Gasteiger partial charge in [0.15, 0.2) is 0 Å². The van der Waals surface area contributed by atoms with Gasteiger partial charge < -0.3 is 5.11 Å². The molecule has 1 N–H and O–H groups in total. The molecule has 0 bridgehead atoms. The van der Waals surface area contributed by atoms with Crippen LogP contribution in [0.3, 0.4) is 0 Å². The lowest BCUT2D eigenvalue weighted by Crippen LogP contribution is -2.06. The minimum Gasteiger partial charge on any atom is -0.478 e. The van der Waals surface area contributed by atoms with Crippen LogP contribution < -0.4 is 0 Å². The van der Waals surface area contributed by atoms with E-state index in [9.17, 15) is 13.6 Å². The van der Waals surface area contributed by atoms with Crippen LogP contribution in [0.2, 0.25) is 0 Å². The van der Waals surface area contributed by atoms with Crippen molar-refractivity contribution in [2.24, 2.45) is 0 Å². The average molecular weight is 276 g/mol. The van der Waals surface area contributed by atoms with Crippen molar-refractivity contribution in [2.45, 2.75) is 6.43 Å². The van der Waals surface area contributed by atoms with Gasteiger partial charge in [-0.3, -0.25) is 0 Å². The quantitative estimate of drug-likeness (QED) is 0.903. The second kappa shape index (κ2) is 4.36. The number of nitriles is 1. The molecular weight excluding hydrogens is 272 g/mol. The summed E-state index contributed by atoms with van der Waals surface area (Å²) >= 11 is 2.86. The van der Waals surface area contributed by atoms with Crippen molar-refractivity contribution >= 4 is 21.9 Å². The molecule has 78 valence electrons. The molecule has 0 spiro atoms. The predicted molar refractivity (Wildman–Crippen MR) is 50.8 cm³/mol. The predicted octanol–water partition coefficient (Wildman–Crippen LogP) is 2.96. The van der Waals surface area contributed by atoms with Crippen molar-refractivity contribution in [1.82, 2.24) is 0 Å². The maximum Gasteiger partial charge on any atom is 0.337 e. The van der Waals surface area contributed by atoms with Gasteiger partial charge in [0, 0.05) is 4.47 Å². The van der Waals surface area contributed by atoms with E-state index in [0.29, 0.717) is 0 Å². The lowest BCUT2D eigenvalue weighted by Gasteiger charge is -2.08. The minimum atomic E-state index is -3.00. The Labute approximate surface area is 92.1 Å². The summed E-state index contributed by atoms with van der Waals surface area (Å²) in [6.45, 7) is 0. The number of hydrogen-bond donors (Lipinski definition) is 1. The summed E-state index contributed by atoms with van der Waals surface area (Å²) in [4.78, 5) is 10.7. The molecule has 0 radical (unpaired) electrons. The molecule has 6 heteroatoms. The van der Waals surface area contributed by atoms with E-state index < -0.39 is 23.5 Å². The van der Waals surface area contributed by atoms with Gasteiger partial charge in [-0.1, -0.05) is 0 Å². The molecule has 0 saturated carbocycles. The lowest BCUT2D eigenvalue weighted by atomic mass is 10.0. The van der Waals surface area contributed by atoms with Crippen molar-refractivity contribution < 1.29 is 18.7 Å². The van der Waals surface area contributed by atoms with Crippen LogP contribution >= 0.6 is 15.9 Å². The molecular formula is C9H4BrF2NO2. The summed E-state index contributed by atoms with van der Waals surface area (Å²) in [6, 6.07) is 3.94. The molecule has 0 amide bonds. The summed E-state index contributed by atoms with van der Waals surface area (Å²) in [6.07, 6.45) is -3.00. The monoisotopic (exact) mass is 275 g/mol. The Morgan fingerprint density at radius 1 is 1.53 bits per heavy atom. The topological polar surface area (TPSA) is 61.1 Å². The van der Waals surface area contributed by atoms with E-state index >= 15 is 0 Å². The average Bonchev–Trinajstić information content (AvgIpc) is 2.16. The molecule has 0 heterocycles. The third-order valence-electron chi connectivity index (χ3n) is 1.75. The summed E-state index contributed by atoms with van der Waals surface area (Å²) < 4.78 is 25.2. The van der Waals surface area contributed by atoms with Crippen LogP contribution in [0.5, 0.6) is 0 Å². The first kappa shape index (κ1) is 11.6. The Morgan fingerprint density at radius 3 is 2.53 bits per heavy atom. The van der Waals surface area contributed by atoms with E-state index in [2.05, 4.69) is 15.9 Å². The Bertz CT molecular complexity index is 454. The molecule has 0 atom stereocenters. The van der Waals surface area contributed by atoms with Crippen molar-refractivity contribution in [1.29, 1.82) is 5.26 Å². The van der Waals surface area contributed by atoms with Gasteiger partial charge in [0.2, 0.25) is 0 Å². The highest BCUT2D eigenvalue weighted by Crippen LogP contribution is 2.31. The minimum absolute atomic E-state index is 0.0318. The number of carboxylic acid groups (broad SMARTS) is 1. The van der Waals surface area contributed by atoms with Gasteiger partial charge in [-0.05, 0) is 28.1 Å². The van der Waals surface area contributed by atoms with Gasteiger partial charge in [0.25, 0.3) is 6.43 Å². The number of aromatic carboxylic acids is 1. The number of alkyl halides is 2. The van der Waals surface area contributed by atoms with Crippen LogP contribution in [0.15, 0.2) is 16.6 Å². The van der Waals surface area contributed by atoms with Crippen molar-refractivity contribution in [3.63, 3.8) is 0 Å². The first-order valence-corrected chi connectivity index (χ1v) is 4.52. The smallest absolute Gasteiger partial charge is 0.337 e. The largest absolute Gasteiger partial charge is 0.478 e. The molecule has 3 nitrogen and oxygen atoms in total. The molecule has 0 fully saturated rings. The molecule has 0 aliphatic rings. The molecule has 1 aromatic rings. The highest BCUT2D eigenvalue weighted by Gasteiger charge is 2.24. The molecule has 0 saturated heterocycles. The third-order valence-corrected chi connectivity index (χ3v) is 2.41. The van der Waals surface area contributed by atoms with Crippen LogP contribution in [-0.2, 0) is 0 Å². The standard InChI is InChI=1S/C9H4BrF2NO2/c10-5-2-1-4(3-13)6(8(11)12)7(5)9(14)15/h1-2,8H,(H,14,15). The van der Waals surface area contributed by atoms with E-state index in [-0.39, 0.29) is 10.0 Å². The van der Waals surface area contributed by atoms with Crippen LogP contribution in [0, 0.1) is 11.3 Å². The van der Waals surface area contributed by atoms with Gasteiger partial charge >= 0.3 is 5.97 Å². The molecule has 0 aromatic heterocycles. The third kappa shape index (κ3) is 2.13. The second-order valence-electron chi connectivity index (χ2n) is 2.60. The van der Waals surface area contributed by atoms with Crippen molar-refractivity contribution in [3.05, 3.63) is 33.3 Å². The Hall–Kier alpha value is -1.48. The summed E-state index contributed by atoms with van der Waals surface area (Å²) in [5, 5.41) is 17.3. The number of carboxylic acids is 1. The van der Waals surface area contributed by atoms with Gasteiger partial charge in [0.1, 0.15) is 0 Å². The van der Waals surface area contributed by atoms with E-state index in [0.717, 1.165) is 6.07 Å². The second-order valence-corrected chi connectivity index (χ2v) is 3.46. The van der Waals surface area contributed by atoms with Gasteiger partial charge in [0.05, 0.1) is 22.8 Å². The van der Waals surface area contributed by atoms with Crippen LogP contribution in [0.1, 0.15) is 27.9 Å². The zero-order valence-electron chi connectivity index (χ0n) is 7.17. The number of nitrogens with zero attached hydrogens (tertiary/aromatic N) is 1. The Balaban J connectivity index is 3.60. The first-order valence-electron chi connectivity index (χ1n) is 3.73. The van der Waals surface area contributed by atoms with Crippen molar-refractivity contribution in [2.75, 3.05) is 0 Å². The van der Waals surface area contributed by atoms with E-state index in [1.807, 2.05) is 0 Å². The van der Waals surface area contributed by atoms with Gasteiger partial charge in [-0.25, -0.2) is 13.6 Å². The van der Waals surface area contributed by atoms with Crippen LogP contribution in [-0.4, -0.2) is 11.1 Å². The Kier molecular flexibility index (Phi) is 3.37. The number of rotatable bonds is 2. The zero-order chi connectivity index (χ0) is 11.6. The highest BCUT2D eigenvalue weighted by molar-refractivity contribution is 9.10. The number of benzene rings is 1. The lowest BCUT2D eigenvalue weighted by molar-refractivity contribution is 0.0683. The fourth-order valence-electron chi connectivity index (χ4n) is 1.13. The number of hydrogen-bond acceptors (Lipinski definition) is 2. The zero-order valence-corrected chi connectivity index (χ0v) is 8.75. The molecule has 0 aliphatic carbocycles. The molecule has 15 heavy (non-hydrogen) atoms. The summed E-state index contributed by atoms with van der Waals surface area (Å²) in [5.74, 6) is -1.49. The molecule has 1 aromatic carbocycles. The fraction of sp³-hybridized carbons (Fsp3) is 0.111. The van der Waals surface area contributed by atoms with Crippen LogP contribution in [0.25, 0.3) is 0 Å². The molecule has 0 unspecified atom stereocenters. The highest BCUT2D eigenvalue weighted by atomic mass is 79.9. The van der Waals surface area contributed by atoms with E-state index in [1.54, 1.807) is 0 Å². The fourth-order valence-corrected chi connectivity index (χ4v) is 1.65. The normalized spacial score (nSPS) is 10.1. The molecule has 0 aliphatic heterocycles. The van der Waals surface area contributed by atoms with E-state index in [4.69, 9.17) is 10.4 Å². The first-order chi connectivity index (χ1) is 6.99. The number of carbonyl (C=O) groups is 1. The van der Waals surface area contributed by atoms with E-state index in [1.165, 1.54) is 12.1 Å². The van der Waals surface area contributed by atoms with Gasteiger partial charge in [-0.15, -0.1) is 0 Å². The SMILES string of the molecule is N#Cc1ccc(Br)c(C(=O)O)c1C(F)F. The maximum atomic E-state index is 12.6. The number of halogens is 3. The summed E-state index contributed by atoms with van der Waals surface area (Å²) in [5.41, 5.74) is -1.64. The summed E-state index contributed by atoms with van der Waals surface area (Å²) in [7, 11) is 0. The maximum absolute atomic E-state index is 12.6. The van der Waals surface area contributed by atoms with Crippen LogP contribution in [0.4, 0.5) is 8.78 Å². The Morgan fingerprint density at radius 2 is 2.13 bits per heavy atom. The van der Waals surface area contributed by atoms with Gasteiger partial charge in [-0.2, -0.15) is 5.26 Å². The van der Waals surface area contributed by atoms with Crippen molar-refractivity contribution in [3.8, 4) is 6.07 Å².